The van der Waals surface area contributed by atoms with Gasteiger partial charge in [-0.25, -0.2) is 0 Å². The van der Waals surface area contributed by atoms with Crippen LogP contribution in [0.1, 0.15) is 111 Å². The molecule has 6 N–H and O–H groups in total. The van der Waals surface area contributed by atoms with Crippen LogP contribution in [-0.2, 0) is 4.74 Å². The molecule has 0 spiro atoms. The van der Waals surface area contributed by atoms with Gasteiger partial charge >= 0.3 is 0 Å². The van der Waals surface area contributed by atoms with E-state index >= 15 is 0 Å². The molecule has 0 amide bonds. The number of ether oxygens (including phenoxy) is 1. The number of unbranched alkanes of at least 4 members (excludes halogenated alkanes) is 12. The van der Waals surface area contributed by atoms with Gasteiger partial charge in [0.2, 0.25) is 0 Å². The molecule has 0 aliphatic carbocycles. The first-order valence-corrected chi connectivity index (χ1v) is 10.1. The number of hydrogen-bond donors (Lipinski definition) is 2. The molecule has 0 aliphatic rings. The summed E-state index contributed by atoms with van der Waals surface area (Å²) in [7, 11) is 0. The van der Waals surface area contributed by atoms with Crippen molar-refractivity contribution in [3.05, 3.63) is 12.2 Å². The van der Waals surface area contributed by atoms with Crippen LogP contribution in [0.5, 0.6) is 0 Å². The minimum atomic E-state index is 0. The largest absolute Gasteiger partial charge is 0.374 e. The van der Waals surface area contributed by atoms with E-state index in [1.807, 2.05) is 0 Å². The Morgan fingerprint density at radius 2 is 1.08 bits per heavy atom. The summed E-state index contributed by atoms with van der Waals surface area (Å²) in [5.74, 6) is 0. The van der Waals surface area contributed by atoms with Crippen molar-refractivity contribution in [2.24, 2.45) is 0 Å². The van der Waals surface area contributed by atoms with Gasteiger partial charge in [-0.1, -0.05) is 103 Å². The highest BCUT2D eigenvalue weighted by molar-refractivity contribution is 4.85. The van der Waals surface area contributed by atoms with E-state index in [1.165, 1.54) is 83.5 Å². The highest BCUT2D eigenvalue weighted by Crippen LogP contribution is 2.12. The zero-order valence-electron chi connectivity index (χ0n) is 17.2. The molecule has 0 radical (unpaired) electrons. The molecule has 1 atom stereocenters. The first-order chi connectivity index (χ1) is 10.8. The second-order valence-electron chi connectivity index (χ2n) is 6.59. The van der Waals surface area contributed by atoms with Crippen LogP contribution in [0.25, 0.3) is 0 Å². The molecule has 0 fully saturated rings. The lowest BCUT2D eigenvalue weighted by Gasteiger charge is -2.11. The molecule has 0 aromatic carbocycles. The van der Waals surface area contributed by atoms with Crippen LogP contribution >= 0.6 is 0 Å². The maximum atomic E-state index is 5.84. The Balaban J connectivity index is -0.00000220. The van der Waals surface area contributed by atoms with Crippen LogP contribution in [0.15, 0.2) is 12.2 Å². The Hall–Kier alpha value is -0.380. The first kappa shape index (κ1) is 28.4. The normalized spacial score (nSPS) is 12.0. The highest BCUT2D eigenvalue weighted by Gasteiger charge is 2.00. The Bertz CT molecular complexity index is 232. The van der Waals surface area contributed by atoms with Gasteiger partial charge in [-0.15, -0.1) is 0 Å². The Morgan fingerprint density at radius 3 is 1.46 bits per heavy atom. The van der Waals surface area contributed by atoms with Gasteiger partial charge in [0.25, 0.3) is 0 Å². The van der Waals surface area contributed by atoms with Crippen LogP contribution in [0.4, 0.5) is 0 Å². The van der Waals surface area contributed by atoms with Crippen LogP contribution in [0.3, 0.4) is 0 Å². The zero-order chi connectivity index (χ0) is 16.3. The average Bonchev–Trinajstić information content (AvgIpc) is 2.54. The monoisotopic (exact) mass is 344 g/mol. The highest BCUT2D eigenvalue weighted by atomic mass is 16.5. The van der Waals surface area contributed by atoms with E-state index in [9.17, 15) is 0 Å². The number of rotatable bonds is 17. The van der Waals surface area contributed by atoms with Crippen LogP contribution < -0.4 is 12.3 Å². The van der Waals surface area contributed by atoms with Gasteiger partial charge in [0.05, 0.1) is 6.10 Å². The van der Waals surface area contributed by atoms with Crippen molar-refractivity contribution in [2.45, 2.75) is 117 Å². The van der Waals surface area contributed by atoms with Crippen molar-refractivity contribution in [1.82, 2.24) is 12.3 Å². The predicted molar refractivity (Wildman–Crippen MR) is 111 cm³/mol. The average molecular weight is 345 g/mol. The van der Waals surface area contributed by atoms with E-state index in [0.717, 1.165) is 13.0 Å². The van der Waals surface area contributed by atoms with Crippen LogP contribution in [0, 0.1) is 0 Å². The molecule has 3 nitrogen and oxygen atoms in total. The summed E-state index contributed by atoms with van der Waals surface area (Å²) in [6, 6.07) is 0. The summed E-state index contributed by atoms with van der Waals surface area (Å²) >= 11 is 0. The summed E-state index contributed by atoms with van der Waals surface area (Å²) < 4.78 is 5.84. The van der Waals surface area contributed by atoms with Crippen molar-refractivity contribution in [3.8, 4) is 0 Å². The second kappa shape index (κ2) is 24.9. The summed E-state index contributed by atoms with van der Waals surface area (Å²) in [6.07, 6.45) is 24.0. The fourth-order valence-electron chi connectivity index (χ4n) is 2.88. The molecule has 0 heterocycles. The molecule has 148 valence electrons. The maximum Gasteiger partial charge on any atom is 0.0753 e. The van der Waals surface area contributed by atoms with Crippen molar-refractivity contribution in [1.29, 1.82) is 0 Å². The Kier molecular flexibility index (Phi) is 29.5. The van der Waals surface area contributed by atoms with Crippen molar-refractivity contribution >= 4 is 0 Å². The third-order valence-electron chi connectivity index (χ3n) is 4.39. The van der Waals surface area contributed by atoms with Crippen LogP contribution in [0.2, 0.25) is 0 Å². The molecule has 0 aliphatic heterocycles. The summed E-state index contributed by atoms with van der Waals surface area (Å²) in [6.45, 7) is 7.48. The summed E-state index contributed by atoms with van der Waals surface area (Å²) in [5, 5.41) is 0. The third-order valence-corrected chi connectivity index (χ3v) is 4.39. The molecule has 0 bridgehead atoms. The fraction of sp³-hybridized carbons (Fsp3) is 0.905. The van der Waals surface area contributed by atoms with Crippen molar-refractivity contribution < 1.29 is 4.74 Å². The van der Waals surface area contributed by atoms with E-state index < -0.39 is 0 Å². The molecule has 0 aromatic heterocycles. The lowest BCUT2D eigenvalue weighted by Crippen LogP contribution is -2.09. The fourth-order valence-corrected chi connectivity index (χ4v) is 2.88. The zero-order valence-corrected chi connectivity index (χ0v) is 17.2. The third kappa shape index (κ3) is 21.6. The topological polar surface area (TPSA) is 79.2 Å². The lowest BCUT2D eigenvalue weighted by molar-refractivity contribution is 0.0794. The van der Waals surface area contributed by atoms with E-state index in [2.05, 4.69) is 32.9 Å². The number of allylic oxidation sites excluding steroid dienone is 1. The standard InChI is InChI=1S/C21H42O.2H3N/c1-4-7-8-9-10-11-12-13-14-15-16-17-18-20-22-21(6-3)19-5-2;;/h5,19,21H,4,6-18,20H2,1-3H3;2*1H3/b19-5+;;. The van der Waals surface area contributed by atoms with Gasteiger partial charge in [0.15, 0.2) is 0 Å². The molecule has 0 saturated carbocycles. The van der Waals surface area contributed by atoms with Gasteiger partial charge in [0, 0.05) is 6.61 Å². The second-order valence-corrected chi connectivity index (χ2v) is 6.59. The SMILES string of the molecule is C/C=C/C(CC)OCCCCCCCCCCCCCCC.N.N. The van der Waals surface area contributed by atoms with Gasteiger partial charge in [-0.05, 0) is 19.8 Å². The minimum Gasteiger partial charge on any atom is -0.374 e. The Labute approximate surface area is 153 Å². The summed E-state index contributed by atoms with van der Waals surface area (Å²) in [4.78, 5) is 0. The van der Waals surface area contributed by atoms with Gasteiger partial charge in [-0.3, -0.25) is 0 Å². The molecule has 24 heavy (non-hydrogen) atoms. The molecule has 0 rings (SSSR count). The lowest BCUT2D eigenvalue weighted by atomic mass is 10.0. The van der Waals surface area contributed by atoms with Crippen molar-refractivity contribution in [3.63, 3.8) is 0 Å². The first-order valence-electron chi connectivity index (χ1n) is 10.1. The predicted octanol–water partition coefficient (Wildman–Crippen LogP) is 7.77. The van der Waals surface area contributed by atoms with E-state index in [-0.39, 0.29) is 12.3 Å². The van der Waals surface area contributed by atoms with Gasteiger partial charge in [-0.2, -0.15) is 0 Å². The molecule has 0 aromatic rings. The molecular formula is C21H48N2O. The van der Waals surface area contributed by atoms with Gasteiger partial charge < -0.3 is 17.0 Å². The van der Waals surface area contributed by atoms with Crippen molar-refractivity contribution in [2.75, 3.05) is 6.61 Å². The van der Waals surface area contributed by atoms with Gasteiger partial charge in [0.1, 0.15) is 0 Å². The smallest absolute Gasteiger partial charge is 0.0753 e. The number of hydrogen-bond acceptors (Lipinski definition) is 3. The quantitative estimate of drug-likeness (QED) is 0.209. The van der Waals surface area contributed by atoms with Crippen LogP contribution in [-0.4, -0.2) is 12.7 Å². The molecule has 3 heteroatoms. The minimum absolute atomic E-state index is 0. The summed E-state index contributed by atoms with van der Waals surface area (Å²) in [5.41, 5.74) is 0. The van der Waals surface area contributed by atoms with E-state index in [1.54, 1.807) is 0 Å². The Morgan fingerprint density at radius 1 is 0.667 bits per heavy atom. The van der Waals surface area contributed by atoms with E-state index in [4.69, 9.17) is 4.74 Å². The molecule has 0 saturated heterocycles. The molecular weight excluding hydrogens is 296 g/mol. The molecule has 1 unspecified atom stereocenters. The maximum absolute atomic E-state index is 5.84. The van der Waals surface area contributed by atoms with E-state index in [0.29, 0.717) is 6.10 Å².